The zero-order valence-electron chi connectivity index (χ0n) is 19.5. The van der Waals surface area contributed by atoms with Crippen LogP contribution in [0.15, 0.2) is 36.4 Å². The van der Waals surface area contributed by atoms with E-state index in [4.69, 9.17) is 21.1 Å². The van der Waals surface area contributed by atoms with Crippen molar-refractivity contribution in [2.45, 2.75) is 43.5 Å². The SMILES string of the molecule is O=C(c1cccc(F)c1OC[C@@H](O)CN1CCC2(CC1)Cc1cc(Cl)ccc1O2)N1CC[C@H](O)C1. The minimum absolute atomic E-state index is 0.101. The second-order valence-electron chi connectivity index (χ2n) is 9.79. The molecule has 9 heteroatoms. The van der Waals surface area contributed by atoms with E-state index < -0.39 is 18.0 Å². The molecule has 2 aromatic rings. The predicted molar refractivity (Wildman–Crippen MR) is 129 cm³/mol. The molecule has 3 heterocycles. The second kappa shape index (κ2) is 9.93. The molecule has 0 aromatic heterocycles. The molecule has 2 aromatic carbocycles. The van der Waals surface area contributed by atoms with Gasteiger partial charge in [-0.3, -0.25) is 4.79 Å². The molecule has 2 N–H and O–H groups in total. The first-order valence-corrected chi connectivity index (χ1v) is 12.5. The van der Waals surface area contributed by atoms with Gasteiger partial charge in [0.1, 0.15) is 24.1 Å². The Balaban J connectivity index is 1.14. The normalized spacial score (nSPS) is 22.2. The Morgan fingerprint density at radius 3 is 2.80 bits per heavy atom. The van der Waals surface area contributed by atoms with Crippen molar-refractivity contribution in [1.82, 2.24) is 9.80 Å². The number of aliphatic hydroxyl groups excluding tert-OH is 2. The third kappa shape index (κ3) is 5.26. The van der Waals surface area contributed by atoms with Crippen molar-refractivity contribution in [3.63, 3.8) is 0 Å². The van der Waals surface area contributed by atoms with Crippen molar-refractivity contribution in [2.24, 2.45) is 0 Å². The molecule has 7 nitrogen and oxygen atoms in total. The molecule has 0 aliphatic carbocycles. The summed E-state index contributed by atoms with van der Waals surface area (Å²) in [4.78, 5) is 16.5. The summed E-state index contributed by atoms with van der Waals surface area (Å²) in [5.41, 5.74) is 1.01. The zero-order valence-corrected chi connectivity index (χ0v) is 20.2. The maximum atomic E-state index is 14.5. The van der Waals surface area contributed by atoms with Crippen LogP contribution in [0, 0.1) is 5.82 Å². The number of ether oxygens (including phenoxy) is 2. The molecule has 5 rings (SSSR count). The van der Waals surface area contributed by atoms with E-state index in [-0.39, 0.29) is 36.0 Å². The Labute approximate surface area is 209 Å². The second-order valence-corrected chi connectivity index (χ2v) is 10.2. The average Bonchev–Trinajstić information content (AvgIpc) is 3.42. The maximum absolute atomic E-state index is 14.5. The number of aliphatic hydroxyl groups is 2. The van der Waals surface area contributed by atoms with Gasteiger partial charge in [-0.25, -0.2) is 4.39 Å². The minimum Gasteiger partial charge on any atom is -0.487 e. The van der Waals surface area contributed by atoms with E-state index in [1.807, 2.05) is 18.2 Å². The van der Waals surface area contributed by atoms with Gasteiger partial charge in [0, 0.05) is 57.0 Å². The summed E-state index contributed by atoms with van der Waals surface area (Å²) in [5, 5.41) is 21.0. The van der Waals surface area contributed by atoms with Gasteiger partial charge < -0.3 is 29.5 Å². The molecule has 3 aliphatic rings. The minimum atomic E-state index is -0.847. The number of amides is 1. The number of carbonyl (C=O) groups is 1. The molecule has 188 valence electrons. The molecule has 0 unspecified atom stereocenters. The Morgan fingerprint density at radius 2 is 2.06 bits per heavy atom. The van der Waals surface area contributed by atoms with Crippen LogP contribution in [-0.4, -0.2) is 83.1 Å². The van der Waals surface area contributed by atoms with Crippen LogP contribution in [0.1, 0.15) is 35.2 Å². The van der Waals surface area contributed by atoms with Gasteiger partial charge in [0.15, 0.2) is 11.6 Å². The fourth-order valence-corrected chi connectivity index (χ4v) is 5.47. The average molecular weight is 505 g/mol. The summed E-state index contributed by atoms with van der Waals surface area (Å²) in [6, 6.07) is 9.93. The molecular formula is C26H30ClFN2O5. The van der Waals surface area contributed by atoms with Crippen LogP contribution < -0.4 is 9.47 Å². The predicted octanol–water partition coefficient (Wildman–Crippen LogP) is 2.90. The Hall–Kier alpha value is -2.39. The van der Waals surface area contributed by atoms with Crippen LogP contribution in [-0.2, 0) is 6.42 Å². The summed E-state index contributed by atoms with van der Waals surface area (Å²) in [7, 11) is 0. The molecule has 35 heavy (non-hydrogen) atoms. The lowest BCUT2D eigenvalue weighted by Crippen LogP contribution is -2.49. The van der Waals surface area contributed by atoms with E-state index in [1.54, 1.807) is 0 Å². The van der Waals surface area contributed by atoms with Crippen molar-refractivity contribution >= 4 is 17.5 Å². The van der Waals surface area contributed by atoms with Gasteiger partial charge in [0.25, 0.3) is 5.91 Å². The Kier molecular flexibility index (Phi) is 6.90. The van der Waals surface area contributed by atoms with E-state index in [1.165, 1.54) is 23.1 Å². The third-order valence-electron chi connectivity index (χ3n) is 7.17. The van der Waals surface area contributed by atoms with Crippen LogP contribution in [0.2, 0.25) is 5.02 Å². The number of fused-ring (bicyclic) bond motifs is 1. The van der Waals surface area contributed by atoms with Gasteiger partial charge in [0.05, 0.1) is 11.7 Å². The van der Waals surface area contributed by atoms with Gasteiger partial charge in [-0.05, 0) is 42.3 Å². The fraction of sp³-hybridized carbons (Fsp3) is 0.500. The van der Waals surface area contributed by atoms with Crippen LogP contribution in [0.25, 0.3) is 0 Å². The number of nitrogens with zero attached hydrogens (tertiary/aromatic N) is 2. The lowest BCUT2D eigenvalue weighted by Gasteiger charge is -2.39. The van der Waals surface area contributed by atoms with Gasteiger partial charge in [0.2, 0.25) is 0 Å². The number of piperidine rings is 1. The van der Waals surface area contributed by atoms with Crippen LogP contribution in [0.3, 0.4) is 0 Å². The molecule has 2 saturated heterocycles. The summed E-state index contributed by atoms with van der Waals surface area (Å²) in [6.45, 7) is 2.41. The molecule has 2 atom stereocenters. The largest absolute Gasteiger partial charge is 0.487 e. The van der Waals surface area contributed by atoms with Gasteiger partial charge in [-0.2, -0.15) is 0 Å². The molecule has 0 radical (unpaired) electrons. The number of hydrogen-bond donors (Lipinski definition) is 2. The van der Waals surface area contributed by atoms with Crippen LogP contribution in [0.5, 0.6) is 11.5 Å². The van der Waals surface area contributed by atoms with E-state index in [0.29, 0.717) is 24.5 Å². The molecule has 0 saturated carbocycles. The van der Waals surface area contributed by atoms with Crippen molar-refractivity contribution in [3.05, 3.63) is 58.4 Å². The first kappa shape index (κ1) is 24.3. The zero-order chi connectivity index (χ0) is 24.6. The lowest BCUT2D eigenvalue weighted by atomic mass is 9.87. The monoisotopic (exact) mass is 504 g/mol. The van der Waals surface area contributed by atoms with Crippen molar-refractivity contribution < 1.29 is 28.9 Å². The highest BCUT2D eigenvalue weighted by molar-refractivity contribution is 6.30. The topological polar surface area (TPSA) is 82.5 Å². The molecular weight excluding hydrogens is 475 g/mol. The smallest absolute Gasteiger partial charge is 0.257 e. The van der Waals surface area contributed by atoms with Crippen molar-refractivity contribution in [2.75, 3.05) is 39.3 Å². The fourth-order valence-electron chi connectivity index (χ4n) is 5.27. The number of β-amino-alcohol motifs (C(OH)–C–C–N with tert-alkyl or cyclic N) is 2. The number of halogens is 2. The first-order valence-electron chi connectivity index (χ1n) is 12.1. The Bertz CT molecular complexity index is 1090. The standard InChI is InChI=1S/C26H30ClFN2O5/c27-18-4-5-23-17(12-18)13-26(35-23)7-10-29(11-8-26)14-20(32)16-34-24-21(2-1-3-22(24)28)25(33)30-9-6-19(31)15-30/h1-5,12,19-20,31-32H,6-11,13-16H2/t19-,20-/m0/s1. The van der Waals surface area contributed by atoms with E-state index in [9.17, 15) is 19.4 Å². The maximum Gasteiger partial charge on any atom is 0.257 e. The summed E-state index contributed by atoms with van der Waals surface area (Å²) in [6.07, 6.45) is 1.59. The number of para-hydroxylation sites is 1. The summed E-state index contributed by atoms with van der Waals surface area (Å²) in [5.74, 6) is -0.298. The van der Waals surface area contributed by atoms with Crippen LogP contribution in [0.4, 0.5) is 4.39 Å². The highest BCUT2D eigenvalue weighted by Gasteiger charge is 2.42. The van der Waals surface area contributed by atoms with E-state index in [2.05, 4.69) is 4.90 Å². The van der Waals surface area contributed by atoms with Crippen molar-refractivity contribution in [1.29, 1.82) is 0 Å². The lowest BCUT2D eigenvalue weighted by molar-refractivity contribution is -0.00226. The molecule has 1 spiro atoms. The van der Waals surface area contributed by atoms with E-state index >= 15 is 0 Å². The van der Waals surface area contributed by atoms with Crippen LogP contribution >= 0.6 is 11.6 Å². The molecule has 0 bridgehead atoms. The number of rotatable bonds is 6. The number of likely N-dealkylation sites (tertiary alicyclic amines) is 2. The summed E-state index contributed by atoms with van der Waals surface area (Å²) >= 11 is 6.12. The van der Waals surface area contributed by atoms with Gasteiger partial charge in [-0.15, -0.1) is 0 Å². The van der Waals surface area contributed by atoms with Gasteiger partial charge >= 0.3 is 0 Å². The number of benzene rings is 2. The van der Waals surface area contributed by atoms with Gasteiger partial charge in [-0.1, -0.05) is 17.7 Å². The highest BCUT2D eigenvalue weighted by Crippen LogP contribution is 2.42. The highest BCUT2D eigenvalue weighted by atomic mass is 35.5. The number of hydrogen-bond acceptors (Lipinski definition) is 6. The van der Waals surface area contributed by atoms with Crippen molar-refractivity contribution in [3.8, 4) is 11.5 Å². The summed E-state index contributed by atoms with van der Waals surface area (Å²) < 4.78 is 26.4. The molecule has 3 aliphatic heterocycles. The first-order chi connectivity index (χ1) is 16.8. The molecule has 1 amide bonds. The Morgan fingerprint density at radius 1 is 1.26 bits per heavy atom. The third-order valence-corrected chi connectivity index (χ3v) is 7.40. The number of carbonyl (C=O) groups excluding carboxylic acids is 1. The van der Waals surface area contributed by atoms with E-state index in [0.717, 1.165) is 43.7 Å². The molecule has 2 fully saturated rings. The quantitative estimate of drug-likeness (QED) is 0.629.